The van der Waals surface area contributed by atoms with E-state index in [1.807, 2.05) is 6.92 Å². The van der Waals surface area contributed by atoms with Crippen molar-refractivity contribution in [2.24, 2.45) is 5.84 Å². The molecule has 0 bridgehead atoms. The van der Waals surface area contributed by atoms with E-state index < -0.39 is 0 Å². The van der Waals surface area contributed by atoms with Crippen molar-refractivity contribution in [1.82, 2.24) is 9.88 Å². The van der Waals surface area contributed by atoms with Crippen molar-refractivity contribution in [3.8, 4) is 0 Å². The van der Waals surface area contributed by atoms with Crippen LogP contribution in [0.4, 0.5) is 5.82 Å². The quantitative estimate of drug-likeness (QED) is 0.645. The van der Waals surface area contributed by atoms with Crippen molar-refractivity contribution >= 4 is 23.3 Å². The fourth-order valence-electron chi connectivity index (χ4n) is 1.99. The van der Waals surface area contributed by atoms with Gasteiger partial charge in [-0.15, -0.1) is 0 Å². The molecule has 1 aliphatic heterocycles. The summed E-state index contributed by atoms with van der Waals surface area (Å²) in [4.78, 5) is 18.1. The molecular formula is C12H17ClN4O2. The van der Waals surface area contributed by atoms with Gasteiger partial charge < -0.3 is 15.1 Å². The number of carbonyl (C=O) groups is 1. The average molecular weight is 285 g/mol. The Morgan fingerprint density at radius 2 is 2.53 bits per heavy atom. The molecule has 6 nitrogen and oxygen atoms in total. The summed E-state index contributed by atoms with van der Waals surface area (Å²) in [5.41, 5.74) is 2.83. The van der Waals surface area contributed by atoms with Crippen molar-refractivity contribution in [2.75, 3.05) is 25.1 Å². The molecule has 0 radical (unpaired) electrons. The number of halogens is 1. The summed E-state index contributed by atoms with van der Waals surface area (Å²) >= 11 is 5.97. The maximum absolute atomic E-state index is 12.3. The molecule has 3 N–H and O–H groups in total. The second-order valence-corrected chi connectivity index (χ2v) is 4.76. The fraction of sp³-hybridized carbons (Fsp3) is 0.500. The van der Waals surface area contributed by atoms with Crippen LogP contribution in [0.1, 0.15) is 23.7 Å². The molecule has 0 aromatic carbocycles. The Morgan fingerprint density at radius 1 is 1.74 bits per heavy atom. The highest BCUT2D eigenvalue weighted by Crippen LogP contribution is 2.20. The Kier molecular flexibility index (Phi) is 4.57. The number of pyridine rings is 1. The van der Waals surface area contributed by atoms with E-state index in [-0.39, 0.29) is 12.0 Å². The monoisotopic (exact) mass is 284 g/mol. The largest absolute Gasteiger partial charge is 0.375 e. The van der Waals surface area contributed by atoms with Gasteiger partial charge in [0.2, 0.25) is 0 Å². The van der Waals surface area contributed by atoms with Gasteiger partial charge in [0.1, 0.15) is 0 Å². The van der Waals surface area contributed by atoms with Gasteiger partial charge in [-0.3, -0.25) is 4.79 Å². The lowest BCUT2D eigenvalue weighted by Crippen LogP contribution is -2.45. The summed E-state index contributed by atoms with van der Waals surface area (Å²) in [5, 5.41) is 0.327. The van der Waals surface area contributed by atoms with Crippen molar-refractivity contribution in [1.29, 1.82) is 0 Å². The molecule has 1 aliphatic rings. The van der Waals surface area contributed by atoms with Crippen LogP contribution >= 0.6 is 11.6 Å². The number of ether oxygens (including phenoxy) is 1. The smallest absolute Gasteiger partial charge is 0.255 e. The first-order chi connectivity index (χ1) is 9.15. The van der Waals surface area contributed by atoms with Crippen molar-refractivity contribution in [3.63, 3.8) is 0 Å². The fourth-order valence-corrected chi connectivity index (χ4v) is 2.22. The Bertz CT molecular complexity index is 469. The highest BCUT2D eigenvalue weighted by atomic mass is 35.5. The van der Waals surface area contributed by atoms with Crippen LogP contribution in [-0.2, 0) is 4.74 Å². The van der Waals surface area contributed by atoms with Crippen LogP contribution in [0.15, 0.2) is 12.3 Å². The third-order valence-electron chi connectivity index (χ3n) is 3.11. The van der Waals surface area contributed by atoms with Crippen LogP contribution in [0.5, 0.6) is 0 Å². The molecule has 1 aromatic heterocycles. The number of nitrogens with one attached hydrogen (secondary N) is 1. The zero-order chi connectivity index (χ0) is 13.8. The number of aromatic nitrogens is 1. The number of hydrogen-bond donors (Lipinski definition) is 2. The summed E-state index contributed by atoms with van der Waals surface area (Å²) in [5.74, 6) is 5.52. The molecule has 1 saturated heterocycles. The van der Waals surface area contributed by atoms with Crippen LogP contribution in [0.25, 0.3) is 0 Å². The van der Waals surface area contributed by atoms with E-state index in [9.17, 15) is 4.79 Å². The number of nitrogens with two attached hydrogens (primary N) is 1. The van der Waals surface area contributed by atoms with Gasteiger partial charge in [0.05, 0.1) is 23.3 Å². The molecule has 1 atom stereocenters. The first-order valence-electron chi connectivity index (χ1n) is 6.18. The summed E-state index contributed by atoms with van der Waals surface area (Å²) in [6.45, 7) is 3.79. The first kappa shape index (κ1) is 14.0. The van der Waals surface area contributed by atoms with Crippen LogP contribution in [0, 0.1) is 0 Å². The van der Waals surface area contributed by atoms with E-state index in [0.29, 0.717) is 36.1 Å². The van der Waals surface area contributed by atoms with Crippen LogP contribution < -0.4 is 11.3 Å². The molecule has 104 valence electrons. The molecular weight excluding hydrogens is 268 g/mol. The van der Waals surface area contributed by atoms with Gasteiger partial charge in [0.25, 0.3) is 5.91 Å². The van der Waals surface area contributed by atoms with E-state index in [0.717, 1.165) is 6.42 Å². The highest BCUT2D eigenvalue weighted by Gasteiger charge is 2.24. The van der Waals surface area contributed by atoms with Gasteiger partial charge in [0.15, 0.2) is 5.82 Å². The predicted octanol–water partition coefficient (Wildman–Crippen LogP) is 1.27. The number of anilines is 1. The van der Waals surface area contributed by atoms with Gasteiger partial charge in [-0.25, -0.2) is 10.8 Å². The number of morpholine rings is 1. The standard InChI is InChI=1S/C12H17ClN4O2/c1-2-9-7-17(3-4-19-9)12(18)8-5-10(13)11(16-14)15-6-8/h5-6,9H,2-4,7,14H2,1H3,(H,15,16). The Hall–Kier alpha value is -1.37. The normalized spacial score (nSPS) is 19.3. The Morgan fingerprint density at radius 3 is 3.16 bits per heavy atom. The summed E-state index contributed by atoms with van der Waals surface area (Å²) in [6, 6.07) is 1.57. The topological polar surface area (TPSA) is 80.5 Å². The molecule has 19 heavy (non-hydrogen) atoms. The molecule has 2 heterocycles. The lowest BCUT2D eigenvalue weighted by atomic mass is 10.2. The highest BCUT2D eigenvalue weighted by molar-refractivity contribution is 6.33. The molecule has 0 saturated carbocycles. The van der Waals surface area contributed by atoms with Gasteiger partial charge in [-0.05, 0) is 12.5 Å². The number of nitrogens with zero attached hydrogens (tertiary/aromatic N) is 2. The number of carbonyl (C=O) groups excluding carboxylic acids is 1. The molecule has 1 unspecified atom stereocenters. The molecule has 1 fully saturated rings. The van der Waals surface area contributed by atoms with Crippen molar-refractivity contribution < 1.29 is 9.53 Å². The second-order valence-electron chi connectivity index (χ2n) is 4.35. The second kappa shape index (κ2) is 6.18. The van der Waals surface area contributed by atoms with Crippen molar-refractivity contribution in [2.45, 2.75) is 19.4 Å². The van der Waals surface area contributed by atoms with E-state index >= 15 is 0 Å². The third-order valence-corrected chi connectivity index (χ3v) is 3.39. The van der Waals surface area contributed by atoms with E-state index in [2.05, 4.69) is 10.4 Å². The van der Waals surface area contributed by atoms with Gasteiger partial charge in [-0.1, -0.05) is 18.5 Å². The minimum atomic E-state index is -0.0836. The van der Waals surface area contributed by atoms with E-state index in [4.69, 9.17) is 22.2 Å². The lowest BCUT2D eigenvalue weighted by molar-refractivity contribution is -0.0226. The van der Waals surface area contributed by atoms with Gasteiger partial charge >= 0.3 is 0 Å². The lowest BCUT2D eigenvalue weighted by Gasteiger charge is -2.32. The summed E-state index contributed by atoms with van der Waals surface area (Å²) in [7, 11) is 0. The molecule has 0 spiro atoms. The average Bonchev–Trinajstić information content (AvgIpc) is 2.46. The van der Waals surface area contributed by atoms with E-state index in [1.165, 1.54) is 6.20 Å². The minimum Gasteiger partial charge on any atom is -0.375 e. The number of amides is 1. The zero-order valence-electron chi connectivity index (χ0n) is 10.7. The van der Waals surface area contributed by atoms with E-state index in [1.54, 1.807) is 11.0 Å². The number of hydrazine groups is 1. The van der Waals surface area contributed by atoms with Gasteiger partial charge in [-0.2, -0.15) is 0 Å². The third kappa shape index (κ3) is 3.15. The molecule has 7 heteroatoms. The number of nitrogen functional groups attached to an aromatic ring is 1. The summed E-state index contributed by atoms with van der Waals surface area (Å²) in [6.07, 6.45) is 2.46. The van der Waals surface area contributed by atoms with Crippen molar-refractivity contribution in [3.05, 3.63) is 22.8 Å². The van der Waals surface area contributed by atoms with Crippen LogP contribution in [-0.4, -0.2) is 41.6 Å². The maximum Gasteiger partial charge on any atom is 0.255 e. The minimum absolute atomic E-state index is 0.0836. The number of rotatable bonds is 3. The maximum atomic E-state index is 12.3. The molecule has 2 rings (SSSR count). The Balaban J connectivity index is 2.12. The summed E-state index contributed by atoms with van der Waals surface area (Å²) < 4.78 is 5.54. The van der Waals surface area contributed by atoms with Crippen LogP contribution in [0.2, 0.25) is 5.02 Å². The molecule has 0 aliphatic carbocycles. The molecule has 1 amide bonds. The van der Waals surface area contributed by atoms with Gasteiger partial charge in [0, 0.05) is 19.3 Å². The zero-order valence-corrected chi connectivity index (χ0v) is 11.5. The Labute approximate surface area is 116 Å². The first-order valence-corrected chi connectivity index (χ1v) is 6.56. The van der Waals surface area contributed by atoms with Crippen LogP contribution in [0.3, 0.4) is 0 Å². The SMILES string of the molecule is CCC1CN(C(=O)c2cnc(NN)c(Cl)c2)CCO1. The predicted molar refractivity (Wildman–Crippen MR) is 73.0 cm³/mol. The molecule has 1 aromatic rings. The number of hydrogen-bond acceptors (Lipinski definition) is 5.